The van der Waals surface area contributed by atoms with Gasteiger partial charge in [-0.05, 0) is 53.0 Å². The van der Waals surface area contributed by atoms with Gasteiger partial charge >= 0.3 is 0 Å². The second-order valence-corrected chi connectivity index (χ2v) is 7.70. The van der Waals surface area contributed by atoms with Crippen LogP contribution >= 0.6 is 0 Å². The standard InChI is InChI=1S/C17H35N5O/c1-13-8-7-9-22(12-13)14(2)10-19-16(18-6)20-11-15(23)21-17(3,4)5/h13-14H,7-12H2,1-6H3,(H,21,23)(H2,18,19,20). The Balaban J connectivity index is 2.32. The van der Waals surface area contributed by atoms with Crippen LogP contribution in [-0.2, 0) is 4.79 Å². The Morgan fingerprint density at radius 1 is 1.35 bits per heavy atom. The number of rotatable bonds is 5. The van der Waals surface area contributed by atoms with Crippen LogP contribution in [-0.4, -0.2) is 61.6 Å². The molecule has 6 nitrogen and oxygen atoms in total. The largest absolute Gasteiger partial charge is 0.355 e. The number of likely N-dealkylation sites (tertiary alicyclic amines) is 1. The van der Waals surface area contributed by atoms with Gasteiger partial charge in [0.15, 0.2) is 5.96 Å². The molecule has 1 saturated heterocycles. The van der Waals surface area contributed by atoms with Crippen molar-refractivity contribution in [2.24, 2.45) is 10.9 Å². The molecule has 0 aromatic rings. The molecule has 23 heavy (non-hydrogen) atoms. The lowest BCUT2D eigenvalue weighted by Gasteiger charge is -2.35. The van der Waals surface area contributed by atoms with E-state index >= 15 is 0 Å². The molecule has 0 spiro atoms. The number of piperidine rings is 1. The van der Waals surface area contributed by atoms with Gasteiger partial charge in [-0.1, -0.05) is 6.92 Å². The van der Waals surface area contributed by atoms with Crippen molar-refractivity contribution in [1.29, 1.82) is 0 Å². The fourth-order valence-corrected chi connectivity index (χ4v) is 2.85. The molecule has 3 N–H and O–H groups in total. The molecule has 6 heteroatoms. The third-order valence-corrected chi connectivity index (χ3v) is 4.03. The maximum Gasteiger partial charge on any atom is 0.239 e. The molecule has 0 radical (unpaired) electrons. The van der Waals surface area contributed by atoms with Gasteiger partial charge in [-0.3, -0.25) is 14.7 Å². The summed E-state index contributed by atoms with van der Waals surface area (Å²) in [6.45, 7) is 13.9. The Kier molecular flexibility index (Phi) is 7.82. The van der Waals surface area contributed by atoms with E-state index in [1.165, 1.54) is 25.9 Å². The number of amides is 1. The lowest BCUT2D eigenvalue weighted by Crippen LogP contribution is -2.51. The first-order valence-corrected chi connectivity index (χ1v) is 8.71. The van der Waals surface area contributed by atoms with Crippen LogP contribution in [0.3, 0.4) is 0 Å². The van der Waals surface area contributed by atoms with Crippen LogP contribution in [0.15, 0.2) is 4.99 Å². The normalized spacial score (nSPS) is 21.7. The number of hydrogen-bond acceptors (Lipinski definition) is 3. The van der Waals surface area contributed by atoms with E-state index in [0.29, 0.717) is 12.0 Å². The highest BCUT2D eigenvalue weighted by atomic mass is 16.2. The molecule has 0 aromatic carbocycles. The molecule has 0 aliphatic carbocycles. The molecule has 1 amide bonds. The number of carbonyl (C=O) groups excluding carboxylic acids is 1. The molecule has 0 saturated carbocycles. The molecule has 2 unspecified atom stereocenters. The van der Waals surface area contributed by atoms with Crippen molar-refractivity contribution in [3.05, 3.63) is 0 Å². The van der Waals surface area contributed by atoms with Gasteiger partial charge in [0.1, 0.15) is 0 Å². The highest BCUT2D eigenvalue weighted by molar-refractivity contribution is 5.86. The summed E-state index contributed by atoms with van der Waals surface area (Å²) in [6, 6.07) is 0.458. The molecule has 1 aliphatic heterocycles. The van der Waals surface area contributed by atoms with E-state index in [1.54, 1.807) is 7.05 Å². The van der Waals surface area contributed by atoms with E-state index in [1.807, 2.05) is 20.8 Å². The molecule has 1 aliphatic rings. The molecular weight excluding hydrogens is 290 g/mol. The number of carbonyl (C=O) groups is 1. The fourth-order valence-electron chi connectivity index (χ4n) is 2.85. The minimum atomic E-state index is -0.213. The van der Waals surface area contributed by atoms with Crippen molar-refractivity contribution in [3.63, 3.8) is 0 Å². The Labute approximate surface area is 141 Å². The summed E-state index contributed by atoms with van der Waals surface area (Å²) >= 11 is 0. The second-order valence-electron chi connectivity index (χ2n) is 7.70. The molecule has 1 heterocycles. The average Bonchev–Trinajstić information content (AvgIpc) is 2.45. The molecule has 2 atom stereocenters. The first kappa shape index (κ1) is 19.7. The summed E-state index contributed by atoms with van der Waals surface area (Å²) < 4.78 is 0. The van der Waals surface area contributed by atoms with Crippen molar-refractivity contribution in [1.82, 2.24) is 20.9 Å². The Bertz CT molecular complexity index is 402. The number of aliphatic imine (C=N–C) groups is 1. The minimum Gasteiger partial charge on any atom is -0.355 e. The third kappa shape index (κ3) is 8.21. The molecule has 1 rings (SSSR count). The zero-order chi connectivity index (χ0) is 17.5. The zero-order valence-electron chi connectivity index (χ0n) is 15.7. The molecule has 0 bridgehead atoms. The molecule has 0 aromatic heterocycles. The van der Waals surface area contributed by atoms with Gasteiger partial charge in [0.2, 0.25) is 5.91 Å². The summed E-state index contributed by atoms with van der Waals surface area (Å²) in [5.74, 6) is 1.43. The van der Waals surface area contributed by atoms with Crippen LogP contribution in [0.4, 0.5) is 0 Å². The predicted octanol–water partition coefficient (Wildman–Crippen LogP) is 1.19. The summed E-state index contributed by atoms with van der Waals surface area (Å²) in [5.41, 5.74) is -0.213. The average molecular weight is 326 g/mol. The highest BCUT2D eigenvalue weighted by Crippen LogP contribution is 2.17. The fraction of sp³-hybridized carbons (Fsp3) is 0.882. The predicted molar refractivity (Wildman–Crippen MR) is 96.7 cm³/mol. The van der Waals surface area contributed by atoms with Crippen molar-refractivity contribution in [3.8, 4) is 0 Å². The first-order valence-electron chi connectivity index (χ1n) is 8.71. The molecule has 1 fully saturated rings. The van der Waals surface area contributed by atoms with Gasteiger partial charge in [0, 0.05) is 31.7 Å². The molecular formula is C17H35N5O. The van der Waals surface area contributed by atoms with E-state index in [9.17, 15) is 4.79 Å². The number of nitrogens with zero attached hydrogens (tertiary/aromatic N) is 2. The Morgan fingerprint density at radius 3 is 2.61 bits per heavy atom. The topological polar surface area (TPSA) is 68.8 Å². The lowest BCUT2D eigenvalue weighted by atomic mass is 9.99. The van der Waals surface area contributed by atoms with Gasteiger partial charge in [-0.15, -0.1) is 0 Å². The van der Waals surface area contributed by atoms with Gasteiger partial charge in [0.25, 0.3) is 0 Å². The lowest BCUT2D eigenvalue weighted by molar-refractivity contribution is -0.121. The first-order chi connectivity index (χ1) is 10.7. The Hall–Kier alpha value is -1.30. The summed E-state index contributed by atoms with van der Waals surface area (Å²) in [6.07, 6.45) is 2.62. The second kappa shape index (κ2) is 9.11. The van der Waals surface area contributed by atoms with E-state index < -0.39 is 0 Å². The van der Waals surface area contributed by atoms with Crippen molar-refractivity contribution in [2.75, 3.05) is 33.2 Å². The van der Waals surface area contributed by atoms with Gasteiger partial charge in [-0.2, -0.15) is 0 Å². The smallest absolute Gasteiger partial charge is 0.239 e. The van der Waals surface area contributed by atoms with Gasteiger partial charge in [-0.25, -0.2) is 0 Å². The monoisotopic (exact) mass is 325 g/mol. The van der Waals surface area contributed by atoms with E-state index in [2.05, 4.69) is 39.7 Å². The SMILES string of the molecule is CN=C(NCC(=O)NC(C)(C)C)NCC(C)N1CCCC(C)C1. The summed E-state index contributed by atoms with van der Waals surface area (Å²) in [7, 11) is 1.73. The van der Waals surface area contributed by atoms with Crippen LogP contribution in [0.2, 0.25) is 0 Å². The van der Waals surface area contributed by atoms with Crippen LogP contribution in [0, 0.1) is 5.92 Å². The van der Waals surface area contributed by atoms with Crippen LogP contribution in [0.1, 0.15) is 47.5 Å². The van der Waals surface area contributed by atoms with E-state index in [4.69, 9.17) is 0 Å². The van der Waals surface area contributed by atoms with Gasteiger partial charge in [0.05, 0.1) is 6.54 Å². The zero-order valence-corrected chi connectivity index (χ0v) is 15.7. The maximum atomic E-state index is 11.8. The number of nitrogens with one attached hydrogen (secondary N) is 3. The third-order valence-electron chi connectivity index (χ3n) is 4.03. The van der Waals surface area contributed by atoms with E-state index in [0.717, 1.165) is 12.5 Å². The van der Waals surface area contributed by atoms with Crippen LogP contribution < -0.4 is 16.0 Å². The quantitative estimate of drug-likeness (QED) is 0.525. The highest BCUT2D eigenvalue weighted by Gasteiger charge is 2.21. The van der Waals surface area contributed by atoms with Crippen molar-refractivity contribution < 1.29 is 4.79 Å². The van der Waals surface area contributed by atoms with Crippen molar-refractivity contribution in [2.45, 2.75) is 59.0 Å². The number of hydrogen-bond donors (Lipinski definition) is 3. The molecule has 134 valence electrons. The van der Waals surface area contributed by atoms with Crippen molar-refractivity contribution >= 4 is 11.9 Å². The summed E-state index contributed by atoms with van der Waals surface area (Å²) in [5, 5.41) is 9.31. The maximum absolute atomic E-state index is 11.8. The number of guanidine groups is 1. The Morgan fingerprint density at radius 2 is 2.04 bits per heavy atom. The van der Waals surface area contributed by atoms with Gasteiger partial charge < -0.3 is 16.0 Å². The van der Waals surface area contributed by atoms with Crippen LogP contribution in [0.25, 0.3) is 0 Å². The van der Waals surface area contributed by atoms with Crippen LogP contribution in [0.5, 0.6) is 0 Å². The summed E-state index contributed by atoms with van der Waals surface area (Å²) in [4.78, 5) is 18.5. The minimum absolute atomic E-state index is 0.0293. The van der Waals surface area contributed by atoms with E-state index in [-0.39, 0.29) is 18.0 Å².